The lowest BCUT2D eigenvalue weighted by Gasteiger charge is -2.06. The molecule has 0 aliphatic heterocycles. The average Bonchev–Trinajstić information content (AvgIpc) is 3.04. The second kappa shape index (κ2) is 8.33. The highest BCUT2D eigenvalue weighted by atomic mass is 79.9. The van der Waals surface area contributed by atoms with E-state index in [0.717, 1.165) is 19.9 Å². The molecule has 1 aromatic heterocycles. The number of hydrogen-bond donors (Lipinski definition) is 1. The Hall–Kier alpha value is -2.38. The summed E-state index contributed by atoms with van der Waals surface area (Å²) in [6, 6.07) is 12.7. The fraction of sp³-hybridized carbons (Fsp3) is 0.0526. The van der Waals surface area contributed by atoms with Crippen molar-refractivity contribution in [3.63, 3.8) is 0 Å². The summed E-state index contributed by atoms with van der Waals surface area (Å²) in [6.45, 7) is 4.04. The molecule has 0 atom stereocenters. The summed E-state index contributed by atoms with van der Waals surface area (Å²) in [5, 5.41) is 4.81. The molecule has 26 heavy (non-hydrogen) atoms. The first-order chi connectivity index (χ1) is 12.6. The van der Waals surface area contributed by atoms with Crippen LogP contribution in [0.2, 0.25) is 0 Å². The van der Waals surface area contributed by atoms with E-state index in [4.69, 9.17) is 9.15 Å². The van der Waals surface area contributed by atoms with Gasteiger partial charge >= 0.3 is 5.91 Å². The third kappa shape index (κ3) is 4.42. The number of nitrogens with one attached hydrogen (secondary N) is 1. The van der Waals surface area contributed by atoms with E-state index in [-0.39, 0.29) is 5.76 Å². The van der Waals surface area contributed by atoms with Gasteiger partial charge < -0.3 is 9.15 Å². The van der Waals surface area contributed by atoms with Crippen LogP contribution in [0.1, 0.15) is 16.1 Å². The van der Waals surface area contributed by atoms with Crippen LogP contribution < -0.4 is 10.2 Å². The average molecular weight is 478 g/mol. The van der Waals surface area contributed by atoms with Crippen LogP contribution in [0.3, 0.4) is 0 Å². The summed E-state index contributed by atoms with van der Waals surface area (Å²) in [4.78, 5) is 12.2. The van der Waals surface area contributed by atoms with Crippen molar-refractivity contribution in [2.75, 3.05) is 6.61 Å². The monoisotopic (exact) mass is 476 g/mol. The van der Waals surface area contributed by atoms with Gasteiger partial charge in [-0.05, 0) is 64.0 Å². The molecule has 0 radical (unpaired) electrons. The minimum Gasteiger partial charge on any atom is -0.488 e. The third-order valence-corrected chi connectivity index (χ3v) is 4.51. The van der Waals surface area contributed by atoms with Gasteiger partial charge in [0.15, 0.2) is 5.76 Å². The van der Waals surface area contributed by atoms with Crippen molar-refractivity contribution < 1.29 is 13.9 Å². The molecular formula is C19H14Br2N2O3. The molecule has 0 unspecified atom stereocenters. The summed E-state index contributed by atoms with van der Waals surface area (Å²) >= 11 is 6.82. The number of halogens is 2. The Kier molecular flexibility index (Phi) is 5.90. The minimum atomic E-state index is -0.418. The zero-order chi connectivity index (χ0) is 18.5. The van der Waals surface area contributed by atoms with Crippen molar-refractivity contribution in [1.29, 1.82) is 0 Å². The Morgan fingerprint density at radius 1 is 1.23 bits per heavy atom. The molecule has 0 saturated carbocycles. The number of hydrazone groups is 1. The van der Waals surface area contributed by atoms with Gasteiger partial charge in [-0.2, -0.15) is 5.10 Å². The van der Waals surface area contributed by atoms with Crippen LogP contribution in [0.15, 0.2) is 73.6 Å². The maximum atomic E-state index is 12.2. The molecule has 1 amide bonds. The number of carbonyl (C=O) groups is 1. The summed E-state index contributed by atoms with van der Waals surface area (Å²) in [5.74, 6) is 0.489. The van der Waals surface area contributed by atoms with Gasteiger partial charge in [0.25, 0.3) is 0 Å². The van der Waals surface area contributed by atoms with E-state index in [1.165, 1.54) is 0 Å². The number of furan rings is 1. The lowest BCUT2D eigenvalue weighted by Crippen LogP contribution is -2.16. The number of hydrogen-bond acceptors (Lipinski definition) is 4. The van der Waals surface area contributed by atoms with Crippen LogP contribution in [0.4, 0.5) is 0 Å². The van der Waals surface area contributed by atoms with Crippen LogP contribution in [-0.2, 0) is 0 Å². The predicted molar refractivity (Wildman–Crippen MR) is 109 cm³/mol. The standard InChI is InChI=1S/C19H14Br2N2O3/c1-2-7-25-17-5-3-12(8-15(17)21)11-22-23-19(24)18-10-13-9-14(20)4-6-16(13)26-18/h2-6,8-11H,1,7H2,(H,23,24)/b22-11+. The SMILES string of the molecule is C=CCOc1ccc(/C=N/NC(=O)c2cc3cc(Br)ccc3o2)cc1Br. The van der Waals surface area contributed by atoms with Crippen LogP contribution in [0, 0.1) is 0 Å². The first kappa shape index (κ1) is 18.4. The van der Waals surface area contributed by atoms with Gasteiger partial charge in [0.05, 0.1) is 10.7 Å². The fourth-order valence-corrected chi connectivity index (χ4v) is 3.10. The normalized spacial score (nSPS) is 11.0. The van der Waals surface area contributed by atoms with Crippen molar-refractivity contribution in [3.8, 4) is 5.75 Å². The van der Waals surface area contributed by atoms with Gasteiger partial charge in [-0.3, -0.25) is 4.79 Å². The lowest BCUT2D eigenvalue weighted by molar-refractivity contribution is 0.0929. The predicted octanol–water partition coefficient (Wildman–Crippen LogP) is 5.29. The van der Waals surface area contributed by atoms with E-state index in [9.17, 15) is 4.79 Å². The smallest absolute Gasteiger partial charge is 0.307 e. The Balaban J connectivity index is 1.66. The molecule has 0 spiro atoms. The lowest BCUT2D eigenvalue weighted by atomic mass is 10.2. The highest BCUT2D eigenvalue weighted by molar-refractivity contribution is 9.10. The molecule has 0 aliphatic rings. The third-order valence-electron chi connectivity index (χ3n) is 3.39. The topological polar surface area (TPSA) is 63.8 Å². The van der Waals surface area contributed by atoms with Crippen molar-refractivity contribution in [1.82, 2.24) is 5.43 Å². The van der Waals surface area contributed by atoms with E-state index in [1.807, 2.05) is 30.3 Å². The quantitative estimate of drug-likeness (QED) is 0.298. The molecular weight excluding hydrogens is 464 g/mol. The minimum absolute atomic E-state index is 0.199. The van der Waals surface area contributed by atoms with E-state index < -0.39 is 5.91 Å². The summed E-state index contributed by atoms with van der Waals surface area (Å²) in [5.41, 5.74) is 3.90. The number of amides is 1. The van der Waals surface area contributed by atoms with Crippen molar-refractivity contribution in [2.24, 2.45) is 5.10 Å². The molecule has 0 saturated heterocycles. The molecule has 3 rings (SSSR count). The van der Waals surface area contributed by atoms with Gasteiger partial charge in [-0.1, -0.05) is 28.6 Å². The van der Waals surface area contributed by atoms with Crippen LogP contribution >= 0.6 is 31.9 Å². The molecule has 3 aromatic rings. The Morgan fingerprint density at radius 3 is 2.85 bits per heavy atom. The van der Waals surface area contributed by atoms with E-state index in [2.05, 4.69) is 49.0 Å². The second-order valence-corrected chi connectivity index (χ2v) is 7.05. The van der Waals surface area contributed by atoms with Gasteiger partial charge in [0.2, 0.25) is 0 Å². The molecule has 7 heteroatoms. The van der Waals surface area contributed by atoms with Crippen molar-refractivity contribution >= 4 is 55.0 Å². The molecule has 0 fully saturated rings. The van der Waals surface area contributed by atoms with Gasteiger partial charge in [-0.15, -0.1) is 0 Å². The molecule has 0 bridgehead atoms. The number of rotatable bonds is 6. The molecule has 1 heterocycles. The van der Waals surface area contributed by atoms with Crippen molar-refractivity contribution in [3.05, 3.63) is 75.4 Å². The van der Waals surface area contributed by atoms with Crippen LogP contribution in [0.25, 0.3) is 11.0 Å². The molecule has 2 aromatic carbocycles. The molecule has 5 nitrogen and oxygen atoms in total. The second-order valence-electron chi connectivity index (χ2n) is 5.28. The zero-order valence-electron chi connectivity index (χ0n) is 13.5. The largest absolute Gasteiger partial charge is 0.488 e. The fourth-order valence-electron chi connectivity index (χ4n) is 2.21. The first-order valence-electron chi connectivity index (χ1n) is 7.62. The van der Waals surface area contributed by atoms with Crippen LogP contribution in [0.5, 0.6) is 5.75 Å². The van der Waals surface area contributed by atoms with Gasteiger partial charge in [-0.25, -0.2) is 5.43 Å². The Bertz CT molecular complexity index is 996. The first-order valence-corrected chi connectivity index (χ1v) is 9.21. The van der Waals surface area contributed by atoms with E-state index >= 15 is 0 Å². The number of nitrogens with zero attached hydrogens (tertiary/aromatic N) is 1. The highest BCUT2D eigenvalue weighted by Crippen LogP contribution is 2.25. The molecule has 132 valence electrons. The number of carbonyl (C=O) groups excluding carboxylic acids is 1. The molecule has 1 N–H and O–H groups in total. The maximum Gasteiger partial charge on any atom is 0.307 e. The highest BCUT2D eigenvalue weighted by Gasteiger charge is 2.11. The van der Waals surface area contributed by atoms with E-state index in [1.54, 1.807) is 24.4 Å². The van der Waals surface area contributed by atoms with E-state index in [0.29, 0.717) is 17.9 Å². The summed E-state index contributed by atoms with van der Waals surface area (Å²) in [7, 11) is 0. The number of fused-ring (bicyclic) bond motifs is 1. The summed E-state index contributed by atoms with van der Waals surface area (Å²) in [6.07, 6.45) is 3.22. The number of ether oxygens (including phenoxy) is 1. The molecule has 0 aliphatic carbocycles. The van der Waals surface area contributed by atoms with Gasteiger partial charge in [0.1, 0.15) is 17.9 Å². The maximum absolute atomic E-state index is 12.2. The van der Waals surface area contributed by atoms with Crippen molar-refractivity contribution in [2.45, 2.75) is 0 Å². The van der Waals surface area contributed by atoms with Crippen LogP contribution in [-0.4, -0.2) is 18.7 Å². The van der Waals surface area contributed by atoms with Gasteiger partial charge in [0, 0.05) is 9.86 Å². The zero-order valence-corrected chi connectivity index (χ0v) is 16.7. The Morgan fingerprint density at radius 2 is 2.08 bits per heavy atom. The number of benzene rings is 2. The summed E-state index contributed by atoms with van der Waals surface area (Å²) < 4.78 is 12.7. The Labute approximate surface area is 167 Å².